The molecule has 0 fully saturated rings. The van der Waals surface area contributed by atoms with Crippen LogP contribution in [0.2, 0.25) is 0 Å². The van der Waals surface area contributed by atoms with E-state index in [9.17, 15) is 14.3 Å². The molecule has 4 nitrogen and oxygen atoms in total. The van der Waals surface area contributed by atoms with Crippen LogP contribution in [-0.2, 0) is 4.74 Å². The average molecular weight is 269 g/mol. The fraction of sp³-hybridized carbons (Fsp3) is 0.500. The number of halogens is 1. The molecular weight excluding hydrogens is 249 g/mol. The Balaban J connectivity index is 2.99. The monoisotopic (exact) mass is 269 g/mol. The van der Waals surface area contributed by atoms with Gasteiger partial charge in [0.1, 0.15) is 5.60 Å². The van der Waals surface area contributed by atoms with E-state index in [0.29, 0.717) is 18.7 Å². The van der Waals surface area contributed by atoms with Crippen LogP contribution in [0, 0.1) is 5.82 Å². The summed E-state index contributed by atoms with van der Waals surface area (Å²) in [6, 6.07) is 3.82. The Labute approximate surface area is 112 Å². The molecule has 0 aliphatic heterocycles. The highest BCUT2D eigenvalue weighted by Gasteiger charge is 2.23. The van der Waals surface area contributed by atoms with Crippen LogP contribution < -0.4 is 4.90 Å². The summed E-state index contributed by atoms with van der Waals surface area (Å²) in [5.74, 6) is -1.20. The first-order valence-corrected chi connectivity index (χ1v) is 6.23. The summed E-state index contributed by atoms with van der Waals surface area (Å²) in [6.07, 6.45) is 0.182. The second-order valence-electron chi connectivity index (χ2n) is 5.27. The van der Waals surface area contributed by atoms with Crippen molar-refractivity contribution in [2.45, 2.75) is 39.7 Å². The molecule has 0 bridgehead atoms. The van der Waals surface area contributed by atoms with Gasteiger partial charge < -0.3 is 9.84 Å². The predicted octanol–water partition coefficient (Wildman–Crippen LogP) is 3.68. The third kappa shape index (κ3) is 4.43. The van der Waals surface area contributed by atoms with Crippen LogP contribution in [0.1, 0.15) is 34.1 Å². The molecule has 0 atom stereocenters. The smallest absolute Gasteiger partial charge is 0.414 e. The molecule has 1 aromatic rings. The van der Waals surface area contributed by atoms with Gasteiger partial charge in [-0.15, -0.1) is 0 Å². The number of carbonyl (C=O) groups excluding carboxylic acids is 1. The van der Waals surface area contributed by atoms with Gasteiger partial charge in [0, 0.05) is 12.6 Å². The number of carbonyl (C=O) groups is 1. The van der Waals surface area contributed by atoms with Gasteiger partial charge in [-0.05, 0) is 39.3 Å². The molecule has 0 spiro atoms. The molecule has 1 N–H and O–H groups in total. The number of amides is 1. The summed E-state index contributed by atoms with van der Waals surface area (Å²) in [6.45, 7) is 7.64. The van der Waals surface area contributed by atoms with Gasteiger partial charge in [0.05, 0.1) is 5.69 Å². The summed E-state index contributed by atoms with van der Waals surface area (Å²) in [4.78, 5) is 13.4. The van der Waals surface area contributed by atoms with Crippen LogP contribution in [-0.4, -0.2) is 23.3 Å². The maximum atomic E-state index is 13.4. The molecule has 106 valence electrons. The number of benzene rings is 1. The fourth-order valence-corrected chi connectivity index (χ4v) is 1.53. The zero-order chi connectivity index (χ0) is 14.6. The van der Waals surface area contributed by atoms with Crippen molar-refractivity contribution >= 4 is 11.8 Å². The van der Waals surface area contributed by atoms with Gasteiger partial charge in [-0.2, -0.15) is 0 Å². The van der Waals surface area contributed by atoms with Gasteiger partial charge >= 0.3 is 6.09 Å². The second-order valence-corrected chi connectivity index (χ2v) is 5.27. The van der Waals surface area contributed by atoms with Gasteiger partial charge in [0.15, 0.2) is 11.6 Å². The van der Waals surface area contributed by atoms with E-state index in [-0.39, 0.29) is 0 Å². The minimum Gasteiger partial charge on any atom is -0.505 e. The summed E-state index contributed by atoms with van der Waals surface area (Å²) in [7, 11) is 0. The average Bonchev–Trinajstić information content (AvgIpc) is 2.27. The normalized spacial score (nSPS) is 11.2. The molecule has 0 unspecified atom stereocenters. The third-order valence-corrected chi connectivity index (χ3v) is 2.30. The first kappa shape index (κ1) is 15.3. The molecular formula is C14H20FNO3. The summed E-state index contributed by atoms with van der Waals surface area (Å²) >= 11 is 0. The summed E-state index contributed by atoms with van der Waals surface area (Å²) in [5.41, 5.74) is -0.246. The van der Waals surface area contributed by atoms with Crippen molar-refractivity contribution in [3.8, 4) is 5.75 Å². The standard InChI is InChI=1S/C14H20FNO3/c1-5-8-16(13(18)19-14(2,3)4)10-6-7-12(17)11(15)9-10/h6-7,9,17H,5,8H2,1-4H3. The quantitative estimate of drug-likeness (QED) is 0.910. The number of ether oxygens (including phenoxy) is 1. The lowest BCUT2D eigenvalue weighted by molar-refractivity contribution is 0.0580. The third-order valence-electron chi connectivity index (χ3n) is 2.30. The molecule has 0 heterocycles. The number of aromatic hydroxyl groups is 1. The Hall–Kier alpha value is -1.78. The maximum absolute atomic E-state index is 13.4. The van der Waals surface area contributed by atoms with Gasteiger partial charge in [-0.1, -0.05) is 6.92 Å². The molecule has 0 saturated heterocycles. The van der Waals surface area contributed by atoms with Crippen molar-refractivity contribution in [2.24, 2.45) is 0 Å². The SMILES string of the molecule is CCCN(C(=O)OC(C)(C)C)c1ccc(O)c(F)c1. The topological polar surface area (TPSA) is 49.8 Å². The van der Waals surface area contributed by atoms with Gasteiger partial charge in [-0.3, -0.25) is 4.90 Å². The molecule has 1 rings (SSSR count). The van der Waals surface area contributed by atoms with Crippen LogP contribution >= 0.6 is 0 Å². The minimum absolute atomic E-state index is 0.367. The van der Waals surface area contributed by atoms with Crippen molar-refractivity contribution < 1.29 is 19.0 Å². The van der Waals surface area contributed by atoms with Gasteiger partial charge in [0.25, 0.3) is 0 Å². The Morgan fingerprint density at radius 1 is 1.42 bits per heavy atom. The van der Waals surface area contributed by atoms with E-state index in [0.717, 1.165) is 6.07 Å². The molecule has 1 amide bonds. The lowest BCUT2D eigenvalue weighted by Crippen LogP contribution is -2.37. The van der Waals surface area contributed by atoms with E-state index in [4.69, 9.17) is 4.74 Å². The Bertz CT molecular complexity index is 454. The zero-order valence-electron chi connectivity index (χ0n) is 11.7. The van der Waals surface area contributed by atoms with Crippen LogP contribution in [0.3, 0.4) is 0 Å². The molecule has 0 aliphatic rings. The first-order chi connectivity index (χ1) is 8.74. The lowest BCUT2D eigenvalue weighted by Gasteiger charge is -2.27. The number of anilines is 1. The maximum Gasteiger partial charge on any atom is 0.414 e. The van der Waals surface area contributed by atoms with Crippen LogP contribution in [0.5, 0.6) is 5.75 Å². The first-order valence-electron chi connectivity index (χ1n) is 6.23. The highest BCUT2D eigenvalue weighted by Crippen LogP contribution is 2.24. The molecule has 0 aliphatic carbocycles. The molecule has 1 aromatic carbocycles. The van der Waals surface area contributed by atoms with Crippen molar-refractivity contribution in [3.05, 3.63) is 24.0 Å². The number of rotatable bonds is 3. The molecule has 5 heteroatoms. The van der Waals surface area contributed by atoms with Crippen LogP contribution in [0.25, 0.3) is 0 Å². The lowest BCUT2D eigenvalue weighted by atomic mass is 10.2. The number of hydrogen-bond acceptors (Lipinski definition) is 3. The van der Waals surface area contributed by atoms with E-state index in [2.05, 4.69) is 0 Å². The van der Waals surface area contributed by atoms with E-state index >= 15 is 0 Å². The Morgan fingerprint density at radius 2 is 2.05 bits per heavy atom. The molecule has 0 aromatic heterocycles. The highest BCUT2D eigenvalue weighted by atomic mass is 19.1. The van der Waals surface area contributed by atoms with E-state index in [1.165, 1.54) is 17.0 Å². The Kier molecular flexibility index (Phi) is 4.75. The predicted molar refractivity (Wildman–Crippen MR) is 71.9 cm³/mol. The highest BCUT2D eigenvalue weighted by molar-refractivity contribution is 5.87. The van der Waals surface area contributed by atoms with Crippen molar-refractivity contribution in [2.75, 3.05) is 11.4 Å². The Morgan fingerprint density at radius 3 is 2.53 bits per heavy atom. The van der Waals surface area contributed by atoms with Crippen LogP contribution in [0.4, 0.5) is 14.9 Å². The summed E-state index contributed by atoms with van der Waals surface area (Å²) in [5, 5.41) is 9.17. The van der Waals surface area contributed by atoms with E-state index < -0.39 is 23.3 Å². The van der Waals surface area contributed by atoms with Crippen LogP contribution in [0.15, 0.2) is 18.2 Å². The molecule has 19 heavy (non-hydrogen) atoms. The second kappa shape index (κ2) is 5.91. The van der Waals surface area contributed by atoms with Crippen molar-refractivity contribution in [1.82, 2.24) is 0 Å². The number of phenols is 1. The van der Waals surface area contributed by atoms with E-state index in [1.54, 1.807) is 20.8 Å². The molecule has 0 radical (unpaired) electrons. The fourth-order valence-electron chi connectivity index (χ4n) is 1.53. The zero-order valence-corrected chi connectivity index (χ0v) is 11.7. The van der Waals surface area contributed by atoms with E-state index in [1.807, 2.05) is 6.92 Å². The number of hydrogen-bond donors (Lipinski definition) is 1. The van der Waals surface area contributed by atoms with Gasteiger partial charge in [-0.25, -0.2) is 9.18 Å². The number of nitrogens with zero attached hydrogens (tertiary/aromatic N) is 1. The minimum atomic E-state index is -0.762. The van der Waals surface area contributed by atoms with Crippen molar-refractivity contribution in [1.29, 1.82) is 0 Å². The largest absolute Gasteiger partial charge is 0.505 e. The molecule has 0 saturated carbocycles. The number of phenolic OH excluding ortho intramolecular Hbond substituents is 1. The summed E-state index contributed by atoms with van der Waals surface area (Å²) < 4.78 is 18.6. The van der Waals surface area contributed by atoms with Gasteiger partial charge in [0.2, 0.25) is 0 Å². The van der Waals surface area contributed by atoms with Crippen molar-refractivity contribution in [3.63, 3.8) is 0 Å².